The molecule has 106 heavy (non-hydrogen) atoms. The summed E-state index contributed by atoms with van der Waals surface area (Å²) < 4.78 is 14.3. The number of carbonyl (C=O) groups is 9. The predicted molar refractivity (Wildman–Crippen MR) is 412 cm³/mol. The van der Waals surface area contributed by atoms with Gasteiger partial charge < -0.3 is 53.5 Å². The first kappa shape index (κ1) is 79.6. The monoisotopic (exact) mass is 1460 g/mol. The summed E-state index contributed by atoms with van der Waals surface area (Å²) in [6, 6.07) is 33.2. The number of likely N-dealkylation sites (N-methyl/N-ethyl adjacent to an activating group) is 1. The number of allylic oxidation sites excluding steroid dienone is 1. The standard InChI is InChI=1S/C84H105FN10O10S/c1-52(96)80-77(101)46-61(38-55-30-34-64(85)35-31-55)73(97)29-11-5-10-28-69(91-78(102)51-106-50-56-40-67-66-26-16-23-57-32-33-58(79(57)66)43-72(67)95(2)49-56)74(98)44-60(24-17-37-89-84(87)88)81(103)92-70(41-54-20-8-4-9-21-54)76(100)47-62(39-53-18-6-3-7-19-53)83(105)93-71(42-63-48-90-68-27-13-12-25-65(63)68)75(99)45-59(82(104)94-80)22-14-15-36-86/h3-4,6-9,12-13,16,18-21,23,25-27,30-31,33-35,48,52,56,59-62,67,69-72,80,90,96H,5,10-11,14-15,17,22,24,28-29,32,36-47,49-51,86H2,1-2H3,(H,91,102)(H,92,103)(H,93,105)(H,94,104)(H4,87,88,89)/t52-,56-,59-,60-,61-,62-,67-,69-,70+,71-,72-,80+/m1/s1. The number of thioether (sulfide) groups is 1. The lowest BCUT2D eigenvalue weighted by molar-refractivity contribution is -0.136. The number of Topliss-reactive ketones (excluding diaryl/α,β-unsaturated/α-hetero) is 5. The van der Waals surface area contributed by atoms with Gasteiger partial charge in [-0.1, -0.05) is 135 Å². The van der Waals surface area contributed by atoms with Gasteiger partial charge in [-0.05, 0) is 172 Å². The van der Waals surface area contributed by atoms with Crippen LogP contribution in [0.3, 0.4) is 0 Å². The predicted octanol–water partition coefficient (Wildman–Crippen LogP) is 9.10. The minimum atomic E-state index is -1.52. The third-order valence-electron chi connectivity index (χ3n) is 21.8. The maximum Gasteiger partial charge on any atom is 0.230 e. The molecule has 564 valence electrons. The number of benzene rings is 5. The normalized spacial score (nSPS) is 24.7. The number of halogens is 1. The van der Waals surface area contributed by atoms with Gasteiger partial charge in [0.2, 0.25) is 23.6 Å². The molecule has 1 aromatic heterocycles. The highest BCUT2D eigenvalue weighted by atomic mass is 32.2. The van der Waals surface area contributed by atoms with Crippen LogP contribution in [-0.2, 0) is 75.3 Å². The largest absolute Gasteiger partial charge is 0.391 e. The summed E-state index contributed by atoms with van der Waals surface area (Å²) in [5.74, 6) is -8.18. The van der Waals surface area contributed by atoms with E-state index >= 15 is 24.0 Å². The van der Waals surface area contributed by atoms with Crippen molar-refractivity contribution in [2.75, 3.05) is 38.2 Å². The van der Waals surface area contributed by atoms with Crippen molar-refractivity contribution in [3.63, 3.8) is 0 Å². The summed E-state index contributed by atoms with van der Waals surface area (Å²) >= 11 is 1.52. The first-order valence-corrected chi connectivity index (χ1v) is 39.1. The van der Waals surface area contributed by atoms with Crippen LogP contribution in [0.4, 0.5) is 4.39 Å². The van der Waals surface area contributed by atoms with Gasteiger partial charge in [0.05, 0.1) is 30.0 Å². The number of hydrogen-bond donors (Lipinski definition) is 9. The molecule has 0 spiro atoms. The fourth-order valence-electron chi connectivity index (χ4n) is 16.1. The molecule has 20 nitrogen and oxygen atoms in total. The van der Waals surface area contributed by atoms with Gasteiger partial charge in [-0.15, -0.1) is 0 Å². The van der Waals surface area contributed by atoms with Gasteiger partial charge >= 0.3 is 0 Å². The van der Waals surface area contributed by atoms with E-state index in [2.05, 4.69) is 67.5 Å². The number of hydrogen-bond acceptors (Lipinski definition) is 14. The zero-order valence-electron chi connectivity index (χ0n) is 61.1. The summed E-state index contributed by atoms with van der Waals surface area (Å²) in [6.07, 6.45) is 6.71. The molecule has 2 saturated heterocycles. The Labute approximate surface area is 625 Å². The third-order valence-corrected chi connectivity index (χ3v) is 23.0. The minimum Gasteiger partial charge on any atom is -0.391 e. The van der Waals surface area contributed by atoms with Crippen LogP contribution in [0.2, 0.25) is 0 Å². The molecule has 0 saturated carbocycles. The van der Waals surface area contributed by atoms with E-state index in [1.807, 2.05) is 84.9 Å². The quantitative estimate of drug-likeness (QED) is 0.0174. The zero-order chi connectivity index (χ0) is 75.2. The average Bonchev–Trinajstić information content (AvgIpc) is 1.50. The van der Waals surface area contributed by atoms with Crippen LogP contribution in [0.15, 0.2) is 145 Å². The number of H-pyrrole nitrogens is 1. The van der Waals surface area contributed by atoms with Gasteiger partial charge in [0, 0.05) is 104 Å². The Balaban J connectivity index is 0.968. The zero-order valence-corrected chi connectivity index (χ0v) is 61.9. The van der Waals surface area contributed by atoms with Crippen molar-refractivity contribution in [2.45, 2.75) is 184 Å². The van der Waals surface area contributed by atoms with E-state index in [0.717, 1.165) is 36.7 Å². The topological polar surface area (TPSA) is 331 Å². The van der Waals surface area contributed by atoms with E-state index < -0.39 is 120 Å². The molecule has 22 heteroatoms. The maximum atomic E-state index is 15.5. The second kappa shape index (κ2) is 39.1. The van der Waals surface area contributed by atoms with Gasteiger partial charge in [0.25, 0.3) is 0 Å². The molecule has 10 rings (SSSR count). The van der Waals surface area contributed by atoms with Crippen molar-refractivity contribution >= 4 is 86.7 Å². The molecule has 0 bridgehead atoms. The number of rotatable bonds is 22. The first-order valence-electron chi connectivity index (χ1n) is 37.9. The van der Waals surface area contributed by atoms with Gasteiger partial charge in [-0.3, -0.25) is 48.1 Å². The summed E-state index contributed by atoms with van der Waals surface area (Å²) in [7, 11) is 2.19. The number of fused-ring (bicyclic) bond motifs is 3. The number of aromatic nitrogens is 1. The van der Waals surface area contributed by atoms with Crippen molar-refractivity contribution in [3.05, 3.63) is 184 Å². The summed E-state index contributed by atoms with van der Waals surface area (Å²) in [5, 5.41) is 24.1. The number of aliphatic imine (C=N–C) groups is 1. The number of aliphatic hydroxyl groups excluding tert-OH is 1. The van der Waals surface area contributed by atoms with E-state index in [9.17, 15) is 28.7 Å². The van der Waals surface area contributed by atoms with Crippen LogP contribution >= 0.6 is 11.8 Å². The Hall–Kier alpha value is -8.96. The molecule has 4 aliphatic rings. The average molecular weight is 1470 g/mol. The number of aliphatic hydroxyl groups is 1. The number of unbranched alkanes of at least 4 members (excludes halogenated alkanes) is 1. The van der Waals surface area contributed by atoms with E-state index in [1.165, 1.54) is 65.2 Å². The SMILES string of the molecule is C[C@@H](O)[C@@H]1NC(=O)[C@H](CCCCN)CC(=O)[C@@H](Cc2c[nH]c3ccccc23)NC(=O)[C@H](Cc2ccccc2)CC(=O)[C@H](Cc2ccccc2)NC(=O)[C@H](CCCN=C(N)N)CC(=O)[C@H](NC(=O)CSC[C@@H]2C[C@@H]3c4cccc5c4C(=CC5)C[C@H]3N(C)C2)CCCCCC(=O)[C@H](Cc2ccc(F)cc2)CC1=O. The molecule has 12 atom stereocenters. The van der Waals surface area contributed by atoms with E-state index in [1.54, 1.807) is 6.20 Å². The lowest BCUT2D eigenvalue weighted by Gasteiger charge is -2.46. The molecule has 0 radical (unpaired) electrons. The number of likely N-dealkylation sites (tertiary alicyclic amines) is 1. The highest BCUT2D eigenvalue weighted by Crippen LogP contribution is 2.49. The van der Waals surface area contributed by atoms with Gasteiger partial charge in [0.1, 0.15) is 17.6 Å². The number of nitrogens with zero attached hydrogens (tertiary/aromatic N) is 2. The second-order valence-electron chi connectivity index (χ2n) is 29.8. The second-order valence-corrected chi connectivity index (χ2v) is 30.8. The number of nitrogens with one attached hydrogen (secondary N) is 5. The number of amides is 4. The van der Waals surface area contributed by atoms with Crippen molar-refractivity contribution < 1.29 is 52.6 Å². The third kappa shape index (κ3) is 22.3. The highest BCUT2D eigenvalue weighted by molar-refractivity contribution is 7.99. The number of piperidine rings is 1. The van der Waals surface area contributed by atoms with Crippen molar-refractivity contribution in [1.29, 1.82) is 0 Å². The molecule has 6 aromatic rings. The van der Waals surface area contributed by atoms with E-state index in [-0.39, 0.29) is 101 Å². The van der Waals surface area contributed by atoms with Crippen LogP contribution in [-0.4, -0.2) is 148 Å². The Bertz CT molecular complexity index is 4090. The Morgan fingerprint density at radius 1 is 0.660 bits per heavy atom. The van der Waals surface area contributed by atoms with E-state index in [0.29, 0.717) is 78.0 Å². The van der Waals surface area contributed by atoms with Crippen molar-refractivity contribution in [2.24, 2.45) is 51.8 Å². The van der Waals surface area contributed by atoms with Gasteiger partial charge in [0.15, 0.2) is 29.1 Å². The number of ketones is 5. The number of nitrogens with two attached hydrogens (primary N) is 3. The van der Waals surface area contributed by atoms with Crippen LogP contribution in [0, 0.1) is 35.4 Å². The summed E-state index contributed by atoms with van der Waals surface area (Å²) in [5.41, 5.74) is 26.6. The maximum absolute atomic E-state index is 15.5. The lowest BCUT2D eigenvalue weighted by Crippen LogP contribution is -2.51. The Morgan fingerprint density at radius 3 is 1.99 bits per heavy atom. The first-order chi connectivity index (χ1) is 51.2. The molecule has 0 unspecified atom stereocenters. The van der Waals surface area contributed by atoms with Crippen LogP contribution in [0.5, 0.6) is 0 Å². The number of para-hydroxylation sites is 1. The van der Waals surface area contributed by atoms with Crippen LogP contribution in [0.1, 0.15) is 155 Å². The molecule has 5 aromatic carbocycles. The Kier molecular flexibility index (Phi) is 29.3. The molecule has 2 aliphatic heterocycles. The molecule has 2 aliphatic carbocycles. The van der Waals surface area contributed by atoms with Crippen molar-refractivity contribution in [1.82, 2.24) is 31.2 Å². The van der Waals surface area contributed by atoms with Gasteiger partial charge in [-0.2, -0.15) is 11.8 Å². The minimum absolute atomic E-state index is 0.00721. The molecule has 12 N–H and O–H groups in total. The highest BCUT2D eigenvalue weighted by Gasteiger charge is 2.43. The van der Waals surface area contributed by atoms with E-state index in [4.69, 9.17) is 17.2 Å². The lowest BCUT2D eigenvalue weighted by atomic mass is 9.70. The Morgan fingerprint density at radius 2 is 1.28 bits per heavy atom. The smallest absolute Gasteiger partial charge is 0.230 e. The molecule has 2 fully saturated rings. The number of aromatic amines is 1. The van der Waals surface area contributed by atoms with Crippen LogP contribution in [0.25, 0.3) is 16.5 Å². The molecule has 4 amide bonds. The summed E-state index contributed by atoms with van der Waals surface area (Å²) in [6.45, 7) is 2.64. The number of carbonyl (C=O) groups excluding carboxylic acids is 9. The number of guanidine groups is 1. The fourth-order valence-corrected chi connectivity index (χ4v) is 17.1. The van der Waals surface area contributed by atoms with Crippen molar-refractivity contribution in [3.8, 4) is 0 Å². The molecular formula is C84H105FN10O10S. The van der Waals surface area contributed by atoms with Crippen LogP contribution < -0.4 is 38.5 Å². The fraction of sp³-hybridized carbons (Fsp3) is 0.476. The molecular weight excluding hydrogens is 1360 g/mol. The molecule has 3 heterocycles. The van der Waals surface area contributed by atoms with Gasteiger partial charge in [-0.25, -0.2) is 4.39 Å². The summed E-state index contributed by atoms with van der Waals surface area (Å²) in [4.78, 5) is 145.